The van der Waals surface area contributed by atoms with Crippen molar-refractivity contribution < 1.29 is 13.2 Å². The molecule has 1 saturated heterocycles. The third-order valence-electron chi connectivity index (χ3n) is 2.32. The highest BCUT2D eigenvalue weighted by molar-refractivity contribution is 8.06. The number of carbonyl (C=O) groups excluding carboxylic acids is 1. The van der Waals surface area contributed by atoms with Gasteiger partial charge in [-0.05, 0) is 19.4 Å². The Bertz CT molecular complexity index is 278. The summed E-state index contributed by atoms with van der Waals surface area (Å²) in [5.74, 6) is -0.402. The third kappa shape index (κ3) is 2.51. The summed E-state index contributed by atoms with van der Waals surface area (Å²) in [5, 5.41) is 2.45. The number of hydrogen-bond donors (Lipinski definition) is 1. The molecule has 76 valence electrons. The lowest BCUT2D eigenvalue weighted by Gasteiger charge is -2.20. The number of piperidine rings is 1. The SMILES string of the molecule is CCS(=O)(=O)C(=O)C1CCCNC1. The van der Waals surface area contributed by atoms with Crippen LogP contribution in [0.25, 0.3) is 0 Å². The first-order valence-electron chi connectivity index (χ1n) is 4.55. The molecule has 0 radical (unpaired) electrons. The zero-order chi connectivity index (χ0) is 9.90. The van der Waals surface area contributed by atoms with Crippen LogP contribution in [-0.2, 0) is 14.6 Å². The van der Waals surface area contributed by atoms with Gasteiger partial charge in [0.2, 0.25) is 9.84 Å². The van der Waals surface area contributed by atoms with Crippen molar-refractivity contribution in [1.82, 2.24) is 5.32 Å². The Kier molecular flexibility index (Phi) is 3.44. The molecule has 13 heavy (non-hydrogen) atoms. The zero-order valence-electron chi connectivity index (χ0n) is 7.75. The molecule has 1 rings (SSSR count). The monoisotopic (exact) mass is 205 g/mol. The largest absolute Gasteiger partial charge is 0.316 e. The van der Waals surface area contributed by atoms with Gasteiger partial charge in [0.05, 0.1) is 5.75 Å². The average molecular weight is 205 g/mol. The van der Waals surface area contributed by atoms with E-state index in [0.717, 1.165) is 13.0 Å². The fourth-order valence-corrected chi connectivity index (χ4v) is 2.44. The summed E-state index contributed by atoms with van der Waals surface area (Å²) >= 11 is 0. The number of rotatable bonds is 2. The third-order valence-corrected chi connectivity index (χ3v) is 4.02. The lowest BCUT2D eigenvalue weighted by atomic mass is 10.0. The highest BCUT2D eigenvalue weighted by Gasteiger charge is 2.29. The van der Waals surface area contributed by atoms with Crippen LogP contribution in [0.3, 0.4) is 0 Å². The van der Waals surface area contributed by atoms with Gasteiger partial charge in [0.15, 0.2) is 0 Å². The highest BCUT2D eigenvalue weighted by Crippen LogP contribution is 2.14. The van der Waals surface area contributed by atoms with Gasteiger partial charge in [-0.2, -0.15) is 0 Å². The molecule has 0 spiro atoms. The molecule has 1 unspecified atom stereocenters. The summed E-state index contributed by atoms with van der Waals surface area (Å²) in [7, 11) is -3.48. The highest BCUT2D eigenvalue weighted by atomic mass is 32.2. The van der Waals surface area contributed by atoms with Gasteiger partial charge in [0, 0.05) is 12.5 Å². The number of hydrogen-bond acceptors (Lipinski definition) is 4. The molecule has 0 aromatic carbocycles. The Morgan fingerprint density at radius 3 is 2.69 bits per heavy atom. The van der Waals surface area contributed by atoms with Crippen LogP contribution in [0.15, 0.2) is 0 Å². The van der Waals surface area contributed by atoms with Crippen molar-refractivity contribution >= 4 is 15.0 Å². The second-order valence-electron chi connectivity index (χ2n) is 3.27. The van der Waals surface area contributed by atoms with E-state index in [0.29, 0.717) is 13.0 Å². The quantitative estimate of drug-likeness (QED) is 0.686. The number of carbonyl (C=O) groups is 1. The normalized spacial score (nSPS) is 24.2. The second kappa shape index (κ2) is 4.19. The van der Waals surface area contributed by atoms with E-state index in [1.54, 1.807) is 0 Å². The van der Waals surface area contributed by atoms with E-state index in [1.165, 1.54) is 6.92 Å². The molecule has 1 atom stereocenters. The predicted molar refractivity (Wildman–Crippen MR) is 50.1 cm³/mol. The topological polar surface area (TPSA) is 63.2 Å². The molecule has 5 heteroatoms. The van der Waals surface area contributed by atoms with Crippen molar-refractivity contribution in [3.05, 3.63) is 0 Å². The summed E-state index contributed by atoms with van der Waals surface area (Å²) in [6.45, 7) is 2.90. The minimum atomic E-state index is -3.48. The van der Waals surface area contributed by atoms with Crippen molar-refractivity contribution in [2.45, 2.75) is 19.8 Å². The van der Waals surface area contributed by atoms with E-state index in [2.05, 4.69) is 5.32 Å². The van der Waals surface area contributed by atoms with Crippen molar-refractivity contribution in [3.8, 4) is 0 Å². The lowest BCUT2D eigenvalue weighted by Crippen LogP contribution is -2.37. The lowest BCUT2D eigenvalue weighted by molar-refractivity contribution is -0.115. The van der Waals surface area contributed by atoms with Crippen LogP contribution in [0.4, 0.5) is 0 Å². The summed E-state index contributed by atoms with van der Waals surface area (Å²) in [4.78, 5) is 11.4. The molecule has 1 heterocycles. The van der Waals surface area contributed by atoms with E-state index >= 15 is 0 Å². The Balaban J connectivity index is 2.66. The first kappa shape index (κ1) is 10.7. The molecule has 0 aliphatic carbocycles. The fourth-order valence-electron chi connectivity index (χ4n) is 1.45. The van der Waals surface area contributed by atoms with Crippen LogP contribution in [0.1, 0.15) is 19.8 Å². The van der Waals surface area contributed by atoms with Crippen LogP contribution in [0.2, 0.25) is 0 Å². The minimum absolute atomic E-state index is 0.0810. The van der Waals surface area contributed by atoms with E-state index in [9.17, 15) is 13.2 Å². The van der Waals surface area contributed by atoms with Crippen molar-refractivity contribution in [2.24, 2.45) is 5.92 Å². The van der Waals surface area contributed by atoms with Crippen molar-refractivity contribution in [2.75, 3.05) is 18.8 Å². The molecule has 0 aromatic rings. The Hall–Kier alpha value is -0.420. The maximum atomic E-state index is 11.4. The van der Waals surface area contributed by atoms with Gasteiger partial charge in [-0.15, -0.1) is 0 Å². The van der Waals surface area contributed by atoms with E-state index in [4.69, 9.17) is 0 Å². The summed E-state index contributed by atoms with van der Waals surface area (Å²) in [5.41, 5.74) is 0. The molecule has 1 aliphatic heterocycles. The predicted octanol–water partition coefficient (Wildman–Crippen LogP) is -0.0527. The van der Waals surface area contributed by atoms with Gasteiger partial charge in [-0.1, -0.05) is 6.92 Å². The van der Waals surface area contributed by atoms with Crippen molar-refractivity contribution in [3.63, 3.8) is 0 Å². The maximum absolute atomic E-state index is 11.4. The van der Waals surface area contributed by atoms with Crippen LogP contribution in [-0.4, -0.2) is 32.4 Å². The summed E-state index contributed by atoms with van der Waals surface area (Å²) in [6.07, 6.45) is 1.58. The number of nitrogens with one attached hydrogen (secondary N) is 1. The van der Waals surface area contributed by atoms with Gasteiger partial charge in [0.25, 0.3) is 5.12 Å². The van der Waals surface area contributed by atoms with Crippen molar-refractivity contribution in [1.29, 1.82) is 0 Å². The van der Waals surface area contributed by atoms with E-state index in [-0.39, 0.29) is 11.7 Å². The van der Waals surface area contributed by atoms with Gasteiger partial charge in [0.1, 0.15) is 0 Å². The molecular weight excluding hydrogens is 190 g/mol. The smallest absolute Gasteiger partial charge is 0.250 e. The number of sulfone groups is 1. The van der Waals surface area contributed by atoms with E-state index in [1.807, 2.05) is 0 Å². The van der Waals surface area contributed by atoms with Gasteiger partial charge in [-0.25, -0.2) is 8.42 Å². The second-order valence-corrected chi connectivity index (χ2v) is 5.47. The van der Waals surface area contributed by atoms with E-state index < -0.39 is 15.0 Å². The van der Waals surface area contributed by atoms with Crippen LogP contribution in [0, 0.1) is 5.92 Å². The zero-order valence-corrected chi connectivity index (χ0v) is 8.56. The Morgan fingerprint density at radius 1 is 1.54 bits per heavy atom. The van der Waals surface area contributed by atoms with Gasteiger partial charge in [-0.3, -0.25) is 4.79 Å². The molecule has 0 amide bonds. The summed E-state index contributed by atoms with van der Waals surface area (Å²) < 4.78 is 22.4. The first-order valence-corrected chi connectivity index (χ1v) is 6.20. The average Bonchev–Trinajstić information content (AvgIpc) is 2.18. The molecular formula is C8H15NO3S. The molecule has 1 fully saturated rings. The molecule has 1 N–H and O–H groups in total. The molecule has 0 saturated carbocycles. The molecule has 1 aliphatic rings. The van der Waals surface area contributed by atoms with Gasteiger partial charge < -0.3 is 5.32 Å². The molecule has 4 nitrogen and oxygen atoms in total. The van der Waals surface area contributed by atoms with Gasteiger partial charge >= 0.3 is 0 Å². The molecule has 0 aromatic heterocycles. The summed E-state index contributed by atoms with van der Waals surface area (Å²) in [6, 6.07) is 0. The minimum Gasteiger partial charge on any atom is -0.316 e. The Morgan fingerprint density at radius 2 is 2.23 bits per heavy atom. The molecule has 0 bridgehead atoms. The standard InChI is InChI=1S/C8H15NO3S/c1-2-13(11,12)8(10)7-4-3-5-9-6-7/h7,9H,2-6H2,1H3. The fraction of sp³-hybridized carbons (Fsp3) is 0.875. The Labute approximate surface area is 78.6 Å². The van der Waals surface area contributed by atoms with Crippen LogP contribution >= 0.6 is 0 Å². The maximum Gasteiger partial charge on any atom is 0.250 e. The van der Waals surface area contributed by atoms with Crippen LogP contribution < -0.4 is 5.32 Å². The first-order chi connectivity index (χ1) is 6.08. The van der Waals surface area contributed by atoms with Crippen LogP contribution in [0.5, 0.6) is 0 Å².